The molecule has 0 unspecified atom stereocenters. The fourth-order valence-electron chi connectivity index (χ4n) is 10.9. The summed E-state index contributed by atoms with van der Waals surface area (Å²) in [6, 6.07) is -3.91. The molecule has 2 saturated heterocycles. The van der Waals surface area contributed by atoms with Crippen molar-refractivity contribution in [3.8, 4) is 0 Å². The molecule has 0 bridgehead atoms. The number of nitrogens with one attached hydrogen (secondary N) is 8. The first-order valence-corrected chi connectivity index (χ1v) is 30.8. The number of rotatable bonds is 12. The van der Waals surface area contributed by atoms with E-state index in [1.54, 1.807) is 30.3 Å². The number of aromatic nitrogens is 3. The standard InChI is InChI=1S/C57H75N13O16S2/c1-30(73)20-33-12-6-7-16-68-25-34-15-19-87-46(34)57(68)88-28-41(47(58)77)66-50(80)37(22-35-24-59-29-60-35)61-52(82)39(26-71)64-51(81)38(23-44(75)76)62-49(79)36(21-32-10-4-3-5-11-32)63-53(83)42-13-8-17-69(42)55(85)40(27-72)65-54(84)43-14-9-18-70(43)56(86)45(31(2)74)67-48(33)78/h3-5,10-11,15,19,24-25,29,31,33,36-43,45,71-72,74H,6-9,12-14,16-18,20-23,26-28H2,1-2H3,(H2,58,77)(H,59,60)(H,61,82)(H,62,79)(H,63,83)(H,64,81)(H,65,84)(H,66,80)(H,67,78)(H,75,76)/t31-,33-,36+,37+,38+,39+,40+,41+,42+,43+,45+/m1/s1. The molecule has 3 aliphatic heterocycles. The molecule has 4 aromatic rings. The smallest absolute Gasteiger partial charge is 0.305 e. The van der Waals surface area contributed by atoms with Gasteiger partial charge in [0, 0.05) is 74.0 Å². The van der Waals surface area contributed by atoms with Crippen LogP contribution in [0.3, 0.4) is 0 Å². The number of hydrogen-bond donors (Lipinski definition) is 13. The molecule has 14 N–H and O–H groups in total. The van der Waals surface area contributed by atoms with E-state index in [0.717, 1.165) is 19.9 Å². The molecule has 11 atom stereocenters. The van der Waals surface area contributed by atoms with Gasteiger partial charge in [-0.1, -0.05) is 36.8 Å². The average Bonchev–Trinajstić information content (AvgIpc) is 4.29. The minimum atomic E-state index is -1.96. The summed E-state index contributed by atoms with van der Waals surface area (Å²) >= 11 is 2.62. The summed E-state index contributed by atoms with van der Waals surface area (Å²) in [4.78, 5) is 175. The van der Waals surface area contributed by atoms with Crippen molar-refractivity contribution in [1.29, 1.82) is 0 Å². The number of ketones is 1. The van der Waals surface area contributed by atoms with Crippen molar-refractivity contribution in [1.82, 2.24) is 61.6 Å². The zero-order valence-corrected chi connectivity index (χ0v) is 50.1. The molecule has 0 spiro atoms. The number of imidazole rings is 1. The van der Waals surface area contributed by atoms with E-state index in [1.807, 2.05) is 22.2 Å². The average molecular weight is 1260 g/mol. The number of aliphatic hydroxyl groups is 3. The number of carboxylic acids is 1. The number of nitrogens with zero attached hydrogens (tertiary/aromatic N) is 4. The zero-order chi connectivity index (χ0) is 63.8. The van der Waals surface area contributed by atoms with Gasteiger partial charge in [-0.2, -0.15) is 0 Å². The lowest BCUT2D eigenvalue weighted by atomic mass is 9.94. The van der Waals surface area contributed by atoms with E-state index in [2.05, 4.69) is 47.2 Å². The first-order valence-electron chi connectivity index (χ1n) is 28.9. The van der Waals surface area contributed by atoms with Gasteiger partial charge in [-0.3, -0.25) is 52.7 Å². The molecule has 31 heteroatoms. The fourth-order valence-corrected chi connectivity index (χ4v) is 13.2. The number of amides is 10. The summed E-state index contributed by atoms with van der Waals surface area (Å²) in [5.41, 5.74) is 6.69. The molecule has 6 heterocycles. The predicted octanol–water partition coefficient (Wildman–Crippen LogP) is -2.52. The molecule has 3 aromatic heterocycles. The Morgan fingerprint density at radius 3 is 1.88 bits per heavy atom. The van der Waals surface area contributed by atoms with Crippen LogP contribution in [0.2, 0.25) is 0 Å². The second-order valence-corrected chi connectivity index (χ2v) is 24.0. The maximum Gasteiger partial charge on any atom is 0.305 e. The van der Waals surface area contributed by atoms with E-state index >= 15 is 0 Å². The van der Waals surface area contributed by atoms with Crippen molar-refractivity contribution in [3.05, 3.63) is 71.8 Å². The van der Waals surface area contributed by atoms with Gasteiger partial charge in [0.15, 0.2) is 0 Å². The summed E-state index contributed by atoms with van der Waals surface area (Å²) in [6.45, 7) is 0.903. The number of H-pyrrole nitrogens is 1. The number of Topliss-reactive ketones (excluding diaryl/α,β-unsaturated/α-hetero) is 1. The molecular formula is C57H75N13O16S2. The Balaban J connectivity index is 1.19. The largest absolute Gasteiger partial charge is 0.481 e. The third kappa shape index (κ3) is 17.7. The van der Waals surface area contributed by atoms with Crippen molar-refractivity contribution in [2.45, 2.75) is 157 Å². The monoisotopic (exact) mass is 1260 g/mol. The number of carbonyl (C=O) groups is 12. The molecule has 0 aliphatic carbocycles. The second kappa shape index (κ2) is 31.6. The SMILES string of the molecule is CC(=O)C[C@H]1CCCCn2cc3ccsc3c2SC[C@@H](C(N)=O)NC(=O)[C@H](Cc2cnc[nH]2)NC(=O)[C@H](CO)NC(=O)[C@H](CC(=O)O)NC(=O)[C@H](Cc2ccccc2)NC(=O)[C@@H]2CCCN2C(=O)[C@H](CO)NC(=O)[C@@H]2CCCN2C(=O)[C@H]([C@@H](C)O)NC1=O. The van der Waals surface area contributed by atoms with Crippen LogP contribution >= 0.6 is 23.1 Å². The van der Waals surface area contributed by atoms with Crippen LogP contribution in [-0.2, 0) is 76.9 Å². The number of fused-ring (bicyclic) bond motifs is 5. The number of aliphatic carboxylic acids is 1. The van der Waals surface area contributed by atoms with Gasteiger partial charge in [-0.25, -0.2) is 4.98 Å². The Labute approximate surface area is 513 Å². The van der Waals surface area contributed by atoms with Gasteiger partial charge in [-0.15, -0.1) is 23.1 Å². The van der Waals surface area contributed by atoms with Crippen molar-refractivity contribution in [2.75, 3.05) is 32.1 Å². The number of aliphatic hydroxyl groups excluding tert-OH is 3. The highest BCUT2D eigenvalue weighted by atomic mass is 32.2. The molecule has 476 valence electrons. The molecule has 29 nitrogen and oxygen atoms in total. The Bertz CT molecular complexity index is 3180. The summed E-state index contributed by atoms with van der Waals surface area (Å²) in [7, 11) is 0. The minimum Gasteiger partial charge on any atom is -0.481 e. The summed E-state index contributed by atoms with van der Waals surface area (Å²) in [6.07, 6.45) is 3.05. The highest BCUT2D eigenvalue weighted by molar-refractivity contribution is 7.99. The third-order valence-corrected chi connectivity index (χ3v) is 17.8. The molecule has 10 amide bonds. The van der Waals surface area contributed by atoms with Gasteiger partial charge in [0.05, 0.1) is 41.8 Å². The molecule has 3 aliphatic rings. The van der Waals surface area contributed by atoms with Crippen molar-refractivity contribution >= 4 is 104 Å². The molecule has 88 heavy (non-hydrogen) atoms. The number of nitrogens with two attached hydrogens (primary N) is 1. The summed E-state index contributed by atoms with van der Waals surface area (Å²) in [5, 5.41) is 62.8. The van der Waals surface area contributed by atoms with Gasteiger partial charge >= 0.3 is 5.97 Å². The van der Waals surface area contributed by atoms with Gasteiger partial charge in [0.2, 0.25) is 59.1 Å². The lowest BCUT2D eigenvalue weighted by Gasteiger charge is -2.32. The molecule has 7 rings (SSSR count). The minimum absolute atomic E-state index is 0.0150. The quantitative estimate of drug-likeness (QED) is 0.0696. The second-order valence-electron chi connectivity index (χ2n) is 22.1. The van der Waals surface area contributed by atoms with Crippen LogP contribution < -0.4 is 43.0 Å². The number of benzene rings is 1. The Hall–Kier alpha value is -8.26. The number of carbonyl (C=O) groups excluding carboxylic acids is 11. The molecule has 2 fully saturated rings. The number of primary amides is 1. The first-order chi connectivity index (χ1) is 42.1. The van der Waals surface area contributed by atoms with Crippen LogP contribution in [0.1, 0.15) is 82.9 Å². The van der Waals surface area contributed by atoms with Crippen molar-refractivity contribution < 1.29 is 78.0 Å². The van der Waals surface area contributed by atoms with Gasteiger partial charge in [-0.05, 0) is 69.4 Å². The highest BCUT2D eigenvalue weighted by Gasteiger charge is 2.44. The van der Waals surface area contributed by atoms with E-state index < -0.39 is 151 Å². The van der Waals surface area contributed by atoms with Gasteiger partial charge in [0.1, 0.15) is 60.2 Å². The van der Waals surface area contributed by atoms with Gasteiger partial charge < -0.3 is 87.5 Å². The van der Waals surface area contributed by atoms with E-state index in [1.165, 1.54) is 49.5 Å². The number of aromatic amines is 1. The lowest BCUT2D eigenvalue weighted by molar-refractivity contribution is -0.146. The maximum atomic E-state index is 14.3. The topological polar surface area (TPSA) is 436 Å². The first kappa shape index (κ1) is 67.3. The van der Waals surface area contributed by atoms with Crippen molar-refractivity contribution in [2.24, 2.45) is 11.7 Å². The number of thioether (sulfide) groups is 1. The van der Waals surface area contributed by atoms with E-state index in [9.17, 15) is 78.0 Å². The predicted molar refractivity (Wildman–Crippen MR) is 316 cm³/mol. The van der Waals surface area contributed by atoms with Crippen LogP contribution in [0.25, 0.3) is 10.1 Å². The Morgan fingerprint density at radius 2 is 1.26 bits per heavy atom. The van der Waals surface area contributed by atoms with Gasteiger partial charge in [0.25, 0.3) is 0 Å². The molecular weight excluding hydrogens is 1190 g/mol. The maximum absolute atomic E-state index is 14.3. The van der Waals surface area contributed by atoms with E-state index in [-0.39, 0.29) is 69.6 Å². The molecule has 1 aromatic carbocycles. The van der Waals surface area contributed by atoms with E-state index in [4.69, 9.17) is 5.73 Å². The van der Waals surface area contributed by atoms with Crippen molar-refractivity contribution in [3.63, 3.8) is 0 Å². The lowest BCUT2D eigenvalue weighted by Crippen LogP contribution is -2.61. The number of thiophene rings is 1. The number of hydrogen-bond acceptors (Lipinski definition) is 18. The van der Waals surface area contributed by atoms with E-state index in [0.29, 0.717) is 42.1 Å². The normalized spacial score (nSPS) is 26.3. The van der Waals surface area contributed by atoms with Crippen LogP contribution in [0.15, 0.2) is 65.5 Å². The Kier molecular flexibility index (Phi) is 24.1. The van der Waals surface area contributed by atoms with Crippen LogP contribution in [0.5, 0.6) is 0 Å². The number of carboxylic acid groups (broad SMARTS) is 1. The summed E-state index contributed by atoms with van der Waals surface area (Å²) < 4.78 is 2.78. The Morgan fingerprint density at radius 1 is 0.670 bits per heavy atom. The van der Waals surface area contributed by atoms with Crippen LogP contribution in [0, 0.1) is 5.92 Å². The molecule has 0 saturated carbocycles. The third-order valence-electron chi connectivity index (χ3n) is 15.5. The highest BCUT2D eigenvalue weighted by Crippen LogP contribution is 2.35. The molecule has 0 radical (unpaired) electrons. The zero-order valence-electron chi connectivity index (χ0n) is 48.5. The fraction of sp³-hybridized carbons (Fsp3) is 0.526. The van der Waals surface area contributed by atoms with Crippen LogP contribution in [-0.4, -0.2) is 208 Å². The summed E-state index contributed by atoms with van der Waals surface area (Å²) in [5.74, 6) is -12.4. The van der Waals surface area contributed by atoms with Crippen LogP contribution in [0.4, 0.5) is 0 Å². The number of aryl methyl sites for hydroxylation is 1.